The minimum absolute atomic E-state index is 0. The third-order valence-corrected chi connectivity index (χ3v) is 5.37. The number of rotatable bonds is 5. The van der Waals surface area contributed by atoms with Gasteiger partial charge in [0, 0.05) is 42.9 Å². The molecule has 1 fully saturated rings. The zero-order valence-electron chi connectivity index (χ0n) is 15.0. The molecule has 7 heteroatoms. The summed E-state index contributed by atoms with van der Waals surface area (Å²) in [6.45, 7) is 8.80. The van der Waals surface area contributed by atoms with Gasteiger partial charge in [0.2, 0.25) is 5.91 Å². The fourth-order valence-electron chi connectivity index (χ4n) is 2.66. The molecule has 1 atom stereocenters. The lowest BCUT2D eigenvalue weighted by atomic mass is 9.92. The number of piperidine rings is 1. The van der Waals surface area contributed by atoms with Crippen molar-refractivity contribution < 1.29 is 4.79 Å². The molecule has 1 aromatic rings. The van der Waals surface area contributed by atoms with Gasteiger partial charge in [-0.2, -0.15) is 0 Å². The molecule has 1 aromatic heterocycles. The van der Waals surface area contributed by atoms with Crippen LogP contribution in [0.15, 0.2) is 22.5 Å². The molecule has 5 nitrogen and oxygen atoms in total. The topological polar surface area (TPSA) is 56.7 Å². The number of hydrogen-bond acceptors (Lipinski definition) is 3. The van der Waals surface area contributed by atoms with Crippen LogP contribution in [0.2, 0.25) is 0 Å². The number of carbonyl (C=O) groups is 1. The van der Waals surface area contributed by atoms with E-state index in [1.807, 2.05) is 7.05 Å². The number of aliphatic imine (C=N–C) groups is 1. The van der Waals surface area contributed by atoms with Gasteiger partial charge in [0.15, 0.2) is 5.96 Å². The van der Waals surface area contributed by atoms with E-state index in [-0.39, 0.29) is 41.3 Å². The number of hydrogen-bond donors (Lipinski definition) is 2. The molecule has 2 heterocycles. The highest BCUT2D eigenvalue weighted by Gasteiger charge is 2.24. The maximum Gasteiger partial charge on any atom is 0.222 e. The van der Waals surface area contributed by atoms with Crippen LogP contribution < -0.4 is 10.6 Å². The largest absolute Gasteiger partial charge is 0.357 e. The summed E-state index contributed by atoms with van der Waals surface area (Å²) in [5.74, 6) is 1.06. The number of amides is 1. The first-order valence-corrected chi connectivity index (χ1v) is 9.13. The number of nitrogens with zero attached hydrogens (tertiary/aromatic N) is 2. The number of nitrogens with one attached hydrogen (secondary N) is 2. The van der Waals surface area contributed by atoms with Crippen molar-refractivity contribution in [2.75, 3.05) is 26.7 Å². The van der Waals surface area contributed by atoms with Crippen LogP contribution in [0, 0.1) is 0 Å². The van der Waals surface area contributed by atoms with Crippen molar-refractivity contribution in [3.8, 4) is 0 Å². The molecule has 1 unspecified atom stereocenters. The maximum absolute atomic E-state index is 11.6. The van der Waals surface area contributed by atoms with Crippen LogP contribution in [0.5, 0.6) is 0 Å². The Morgan fingerprint density at radius 2 is 2.25 bits per heavy atom. The fourth-order valence-corrected chi connectivity index (χ4v) is 3.51. The summed E-state index contributed by atoms with van der Waals surface area (Å²) in [6, 6.07) is 4.52. The van der Waals surface area contributed by atoms with Gasteiger partial charge in [-0.25, -0.2) is 0 Å². The zero-order valence-corrected chi connectivity index (χ0v) is 18.1. The average molecular weight is 464 g/mol. The van der Waals surface area contributed by atoms with Gasteiger partial charge in [-0.05, 0) is 24.8 Å². The van der Waals surface area contributed by atoms with E-state index in [1.54, 1.807) is 16.2 Å². The van der Waals surface area contributed by atoms with Gasteiger partial charge in [0.25, 0.3) is 0 Å². The van der Waals surface area contributed by atoms with Crippen LogP contribution >= 0.6 is 35.3 Å². The average Bonchev–Trinajstić information content (AvgIpc) is 3.04. The van der Waals surface area contributed by atoms with Crippen molar-refractivity contribution in [2.24, 2.45) is 4.99 Å². The van der Waals surface area contributed by atoms with Crippen molar-refractivity contribution in [3.63, 3.8) is 0 Å². The van der Waals surface area contributed by atoms with E-state index in [0.717, 1.165) is 32.0 Å². The zero-order chi connectivity index (χ0) is 16.9. The molecule has 0 saturated carbocycles. The van der Waals surface area contributed by atoms with Crippen LogP contribution in [-0.2, 0) is 10.2 Å². The Balaban J connectivity index is 0.00000288. The second-order valence-electron chi connectivity index (χ2n) is 6.71. The minimum atomic E-state index is 0. The molecular formula is C17H29IN4OS. The summed E-state index contributed by atoms with van der Waals surface area (Å²) in [7, 11) is 1.86. The third kappa shape index (κ3) is 5.91. The Labute approximate surface area is 166 Å². The molecule has 0 spiro atoms. The molecule has 1 aliphatic rings. The van der Waals surface area contributed by atoms with Gasteiger partial charge >= 0.3 is 0 Å². The monoisotopic (exact) mass is 464 g/mol. The lowest BCUT2D eigenvalue weighted by molar-refractivity contribution is -0.132. The van der Waals surface area contributed by atoms with Crippen molar-refractivity contribution in [2.45, 2.75) is 45.1 Å². The Kier molecular flexibility index (Phi) is 8.49. The van der Waals surface area contributed by atoms with E-state index >= 15 is 0 Å². The molecule has 1 saturated heterocycles. The van der Waals surface area contributed by atoms with E-state index in [1.165, 1.54) is 4.88 Å². The summed E-state index contributed by atoms with van der Waals surface area (Å²) in [4.78, 5) is 19.5. The van der Waals surface area contributed by atoms with Gasteiger partial charge in [-0.3, -0.25) is 9.79 Å². The predicted octanol–water partition coefficient (Wildman–Crippen LogP) is 2.82. The number of likely N-dealkylation sites (N-methyl/N-ethyl adjacent to an activating group) is 1. The van der Waals surface area contributed by atoms with Crippen LogP contribution in [0.3, 0.4) is 0 Å². The summed E-state index contributed by atoms with van der Waals surface area (Å²) in [5, 5.41) is 8.90. The second-order valence-corrected chi connectivity index (χ2v) is 7.66. The highest BCUT2D eigenvalue weighted by atomic mass is 127. The van der Waals surface area contributed by atoms with Crippen LogP contribution in [0.4, 0.5) is 0 Å². The Morgan fingerprint density at radius 1 is 1.50 bits per heavy atom. The van der Waals surface area contributed by atoms with Crippen molar-refractivity contribution >= 4 is 47.2 Å². The molecule has 0 aliphatic carbocycles. The highest BCUT2D eigenvalue weighted by molar-refractivity contribution is 14.0. The Hall–Kier alpha value is -0.830. The first kappa shape index (κ1) is 21.2. The van der Waals surface area contributed by atoms with E-state index in [9.17, 15) is 4.79 Å². The van der Waals surface area contributed by atoms with E-state index in [2.05, 4.69) is 48.9 Å². The molecule has 2 N–H and O–H groups in total. The smallest absolute Gasteiger partial charge is 0.222 e. The lowest BCUT2D eigenvalue weighted by Crippen LogP contribution is -2.52. The van der Waals surface area contributed by atoms with Gasteiger partial charge in [0.1, 0.15) is 0 Å². The number of carbonyl (C=O) groups excluding carboxylic acids is 1. The van der Waals surface area contributed by atoms with E-state index in [4.69, 9.17) is 4.99 Å². The van der Waals surface area contributed by atoms with E-state index in [0.29, 0.717) is 6.42 Å². The Morgan fingerprint density at radius 3 is 2.83 bits per heavy atom. The number of thiophene rings is 1. The van der Waals surface area contributed by atoms with E-state index < -0.39 is 0 Å². The maximum atomic E-state index is 11.6. The van der Waals surface area contributed by atoms with Gasteiger partial charge in [0.05, 0.1) is 6.54 Å². The number of halogens is 1. The molecule has 24 heavy (non-hydrogen) atoms. The fraction of sp³-hybridized carbons (Fsp3) is 0.647. The van der Waals surface area contributed by atoms with Crippen molar-refractivity contribution in [3.05, 3.63) is 22.4 Å². The summed E-state index contributed by atoms with van der Waals surface area (Å²) in [5.41, 5.74) is 0.0237. The molecule has 0 radical (unpaired) electrons. The standard InChI is InChI=1S/C17H28N4OS.HI/c1-5-18-16(20-13-8-9-15(22)21(4)11-13)19-12-17(2,3)14-7-6-10-23-14;/h6-7,10,13H,5,8-9,11-12H2,1-4H3,(H2,18,19,20);1H. The quantitative estimate of drug-likeness (QED) is 0.401. The molecular weight excluding hydrogens is 435 g/mol. The first-order valence-electron chi connectivity index (χ1n) is 8.25. The minimum Gasteiger partial charge on any atom is -0.357 e. The summed E-state index contributed by atoms with van der Waals surface area (Å²) >= 11 is 1.78. The van der Waals surface area contributed by atoms with Gasteiger partial charge in [-0.1, -0.05) is 19.9 Å². The van der Waals surface area contributed by atoms with Gasteiger partial charge in [-0.15, -0.1) is 35.3 Å². The van der Waals surface area contributed by atoms with Crippen LogP contribution in [0.25, 0.3) is 0 Å². The number of guanidine groups is 1. The van der Waals surface area contributed by atoms with Crippen LogP contribution in [-0.4, -0.2) is 49.5 Å². The molecule has 0 aromatic carbocycles. The van der Waals surface area contributed by atoms with Crippen molar-refractivity contribution in [1.29, 1.82) is 0 Å². The third-order valence-electron chi connectivity index (χ3n) is 4.13. The summed E-state index contributed by atoms with van der Waals surface area (Å²) in [6.07, 6.45) is 1.47. The first-order chi connectivity index (χ1) is 10.9. The molecule has 1 aliphatic heterocycles. The molecule has 1 amide bonds. The Bertz CT molecular complexity index is 545. The van der Waals surface area contributed by atoms with Crippen molar-refractivity contribution in [1.82, 2.24) is 15.5 Å². The normalized spacial score (nSPS) is 19.0. The SMILES string of the molecule is CCNC(=NCC(C)(C)c1cccs1)NC1CCC(=O)N(C)C1.I. The van der Waals surface area contributed by atoms with Crippen LogP contribution in [0.1, 0.15) is 38.5 Å². The highest BCUT2D eigenvalue weighted by Crippen LogP contribution is 2.27. The number of likely N-dealkylation sites (tertiary alicyclic amines) is 1. The second kappa shape index (κ2) is 9.60. The molecule has 0 bridgehead atoms. The molecule has 2 rings (SSSR count). The summed E-state index contributed by atoms with van der Waals surface area (Å²) < 4.78 is 0. The lowest BCUT2D eigenvalue weighted by Gasteiger charge is -2.31. The van der Waals surface area contributed by atoms with Gasteiger partial charge < -0.3 is 15.5 Å². The molecule has 136 valence electrons. The predicted molar refractivity (Wildman–Crippen MR) is 113 cm³/mol.